The van der Waals surface area contributed by atoms with Gasteiger partial charge >= 0.3 is 7.60 Å². The van der Waals surface area contributed by atoms with Gasteiger partial charge in [0, 0.05) is 6.42 Å². The summed E-state index contributed by atoms with van der Waals surface area (Å²) in [4.78, 5) is 10.5. The standard InChI is InChI=1S/C19H42B2O9P2/c1-8-18(7,11-13-14(22)15(23)16(20)28-13)30-31(21,25)12(4)17(5,6)29-32(26,27)19(24,9-2)10-3/h12-16,22-24H,8-11,20-21H2,1-7H3,(H,26,27)/t12?,13-,14-,15-,16-,18-,31?/m1/s1. The molecular formula is C19H42B2O9P2. The summed E-state index contributed by atoms with van der Waals surface area (Å²) in [5.74, 6) is 0. The Labute approximate surface area is 194 Å². The van der Waals surface area contributed by atoms with Gasteiger partial charge in [-0.2, -0.15) is 0 Å². The van der Waals surface area contributed by atoms with Crippen molar-refractivity contribution in [3.05, 3.63) is 0 Å². The van der Waals surface area contributed by atoms with Crippen LogP contribution >= 0.6 is 14.8 Å². The van der Waals surface area contributed by atoms with Crippen molar-refractivity contribution in [1.29, 1.82) is 0 Å². The zero-order chi connectivity index (χ0) is 25.3. The highest BCUT2D eigenvalue weighted by Crippen LogP contribution is 2.63. The monoisotopic (exact) mass is 498 g/mol. The van der Waals surface area contributed by atoms with Gasteiger partial charge in [-0.25, -0.2) is 0 Å². The van der Waals surface area contributed by atoms with Crippen LogP contribution in [0.4, 0.5) is 0 Å². The van der Waals surface area contributed by atoms with E-state index in [1.807, 2.05) is 6.92 Å². The van der Waals surface area contributed by atoms with E-state index in [9.17, 15) is 29.3 Å². The van der Waals surface area contributed by atoms with Gasteiger partial charge in [0.2, 0.25) is 7.57 Å². The molecule has 188 valence electrons. The molecule has 1 saturated heterocycles. The molecule has 1 fully saturated rings. The normalized spacial score (nSPS) is 31.5. The van der Waals surface area contributed by atoms with Gasteiger partial charge in [-0.1, -0.05) is 27.7 Å². The van der Waals surface area contributed by atoms with E-state index < -0.39 is 61.4 Å². The highest BCUT2D eigenvalue weighted by atomic mass is 31.2. The summed E-state index contributed by atoms with van der Waals surface area (Å²) < 4.78 is 43.9. The molecule has 8 atom stereocenters. The Hall–Kier alpha value is 0.310. The third-order valence-corrected chi connectivity index (χ3v) is 12.3. The van der Waals surface area contributed by atoms with Gasteiger partial charge in [-0.15, -0.1) is 0 Å². The van der Waals surface area contributed by atoms with E-state index >= 15 is 0 Å². The minimum absolute atomic E-state index is 0.0317. The lowest BCUT2D eigenvalue weighted by Gasteiger charge is -2.43. The summed E-state index contributed by atoms with van der Waals surface area (Å²) in [5.41, 5.74) is -3.09. The zero-order valence-corrected chi connectivity index (χ0v) is 22.7. The summed E-state index contributed by atoms with van der Waals surface area (Å²) in [6.07, 6.45) is -2.02. The molecular weight excluding hydrogens is 456 g/mol. The molecule has 13 heteroatoms. The lowest BCUT2D eigenvalue weighted by molar-refractivity contribution is -0.0334. The van der Waals surface area contributed by atoms with Crippen LogP contribution in [0.1, 0.15) is 74.1 Å². The van der Waals surface area contributed by atoms with Crippen molar-refractivity contribution in [1.82, 2.24) is 0 Å². The average molecular weight is 498 g/mol. The molecule has 4 N–H and O–H groups in total. The quantitative estimate of drug-likeness (QED) is 0.232. The maximum atomic E-state index is 13.7. The number of ether oxygens (including phenoxy) is 1. The number of aliphatic hydroxyl groups is 3. The highest BCUT2D eigenvalue weighted by Gasteiger charge is 2.52. The maximum absolute atomic E-state index is 13.7. The van der Waals surface area contributed by atoms with Crippen molar-refractivity contribution in [2.24, 2.45) is 0 Å². The van der Waals surface area contributed by atoms with Crippen LogP contribution < -0.4 is 0 Å². The van der Waals surface area contributed by atoms with E-state index in [-0.39, 0.29) is 19.3 Å². The Kier molecular flexibility index (Phi) is 9.97. The van der Waals surface area contributed by atoms with E-state index in [1.54, 1.807) is 49.4 Å². The molecule has 1 heterocycles. The molecule has 0 saturated carbocycles. The molecule has 1 rings (SSSR count). The molecule has 0 bridgehead atoms. The van der Waals surface area contributed by atoms with E-state index in [2.05, 4.69) is 0 Å². The molecule has 0 spiro atoms. The van der Waals surface area contributed by atoms with Crippen LogP contribution in [-0.4, -0.2) is 82.1 Å². The number of rotatable bonds is 12. The minimum Gasteiger partial charge on any atom is -0.388 e. The van der Waals surface area contributed by atoms with E-state index in [4.69, 9.17) is 13.8 Å². The van der Waals surface area contributed by atoms with Crippen molar-refractivity contribution in [3.63, 3.8) is 0 Å². The first-order valence-electron chi connectivity index (χ1n) is 11.4. The average Bonchev–Trinajstić information content (AvgIpc) is 2.91. The van der Waals surface area contributed by atoms with Crippen molar-refractivity contribution in [2.75, 3.05) is 0 Å². The van der Waals surface area contributed by atoms with E-state index in [0.29, 0.717) is 6.42 Å². The topological polar surface area (TPSA) is 143 Å². The van der Waals surface area contributed by atoms with Gasteiger partial charge in [0.15, 0.2) is 12.6 Å². The Bertz CT molecular complexity index is 734. The first-order chi connectivity index (χ1) is 14.3. The molecule has 0 aromatic heterocycles. The van der Waals surface area contributed by atoms with Gasteiger partial charge in [0.05, 0.1) is 29.0 Å². The van der Waals surface area contributed by atoms with Crippen molar-refractivity contribution in [2.45, 2.75) is 121 Å². The second kappa shape index (κ2) is 10.5. The van der Waals surface area contributed by atoms with E-state index in [1.165, 1.54) is 7.57 Å². The van der Waals surface area contributed by atoms with Crippen LogP contribution in [0.3, 0.4) is 0 Å². The van der Waals surface area contributed by atoms with Crippen molar-refractivity contribution >= 4 is 30.3 Å². The molecule has 0 amide bonds. The predicted molar refractivity (Wildman–Crippen MR) is 130 cm³/mol. The Morgan fingerprint density at radius 3 is 1.91 bits per heavy atom. The smallest absolute Gasteiger partial charge is 0.359 e. The van der Waals surface area contributed by atoms with Gasteiger partial charge in [-0.05, 0) is 40.0 Å². The molecule has 3 unspecified atom stereocenters. The van der Waals surface area contributed by atoms with Crippen LogP contribution in [0.5, 0.6) is 0 Å². The molecule has 32 heavy (non-hydrogen) atoms. The minimum atomic E-state index is -4.47. The summed E-state index contributed by atoms with van der Waals surface area (Å²) in [5, 5.41) is 28.9. The lowest BCUT2D eigenvalue weighted by Crippen LogP contribution is -2.43. The molecule has 1 aliphatic heterocycles. The van der Waals surface area contributed by atoms with Crippen LogP contribution in [0.2, 0.25) is 0 Å². The third kappa shape index (κ3) is 6.50. The molecule has 0 aromatic rings. The summed E-state index contributed by atoms with van der Waals surface area (Å²) in [6.45, 7) is 11.6. The van der Waals surface area contributed by atoms with Gasteiger partial charge in [0.1, 0.15) is 20.1 Å². The second-order valence-electron chi connectivity index (χ2n) is 9.95. The van der Waals surface area contributed by atoms with Gasteiger partial charge in [-0.3, -0.25) is 9.09 Å². The molecule has 0 aromatic carbocycles. The van der Waals surface area contributed by atoms with Gasteiger partial charge < -0.3 is 34.0 Å². The number of aliphatic hydroxyl groups excluding tert-OH is 2. The third-order valence-electron chi connectivity index (χ3n) is 7.11. The first kappa shape index (κ1) is 30.3. The molecule has 0 radical (unpaired) electrons. The summed E-state index contributed by atoms with van der Waals surface area (Å²) >= 11 is 0. The van der Waals surface area contributed by atoms with Gasteiger partial charge in [0.25, 0.3) is 0 Å². The first-order valence-corrected chi connectivity index (χ1v) is 15.1. The van der Waals surface area contributed by atoms with Crippen LogP contribution in [0.15, 0.2) is 0 Å². The molecule has 9 nitrogen and oxygen atoms in total. The summed E-state index contributed by atoms with van der Waals surface area (Å²) in [7, 11) is -4.78. The Morgan fingerprint density at radius 2 is 1.53 bits per heavy atom. The lowest BCUT2D eigenvalue weighted by atomic mass is 9.90. The maximum Gasteiger partial charge on any atom is 0.359 e. The van der Waals surface area contributed by atoms with Crippen molar-refractivity contribution in [3.8, 4) is 0 Å². The van der Waals surface area contributed by atoms with Crippen LogP contribution in [0, 0.1) is 0 Å². The fourth-order valence-corrected chi connectivity index (χ4v) is 8.25. The second-order valence-corrected chi connectivity index (χ2v) is 14.8. The summed E-state index contributed by atoms with van der Waals surface area (Å²) in [6, 6.07) is -0.523. The fraction of sp³-hybridized carbons (Fsp3) is 1.00. The largest absolute Gasteiger partial charge is 0.388 e. The zero-order valence-electron chi connectivity index (χ0n) is 20.9. The Balaban J connectivity index is 3.06. The van der Waals surface area contributed by atoms with Crippen LogP contribution in [-0.2, 0) is 22.9 Å². The van der Waals surface area contributed by atoms with Crippen molar-refractivity contribution < 1.29 is 43.1 Å². The number of hydrogen-bond donors (Lipinski definition) is 4. The SMILES string of the molecule is B[C@@H]1O[C@H](C[C@@](C)(CC)OP(B)(=O)C(C)C(C)(C)OP(=O)(O)C(O)(CC)CC)[C@@H](O)[C@H]1O. The molecule has 1 aliphatic rings. The van der Waals surface area contributed by atoms with Crippen LogP contribution in [0.25, 0.3) is 0 Å². The fourth-order valence-electron chi connectivity index (χ4n) is 3.99. The molecule has 0 aliphatic carbocycles. The predicted octanol–water partition coefficient (Wildman–Crippen LogP) is 1.35. The Morgan fingerprint density at radius 1 is 1.03 bits per heavy atom. The highest BCUT2D eigenvalue weighted by molar-refractivity contribution is 7.84. The number of hydrogen-bond acceptors (Lipinski definition) is 8. The van der Waals surface area contributed by atoms with E-state index in [0.717, 1.165) is 0 Å².